The van der Waals surface area contributed by atoms with Gasteiger partial charge < -0.3 is 0 Å². The van der Waals surface area contributed by atoms with E-state index in [0.717, 1.165) is 43.2 Å². The van der Waals surface area contributed by atoms with Crippen LogP contribution in [0.2, 0.25) is 0 Å². The number of likely N-dealkylation sites (tertiary alicyclic amines) is 1. The van der Waals surface area contributed by atoms with E-state index < -0.39 is 11.1 Å². The molecule has 0 radical (unpaired) electrons. The second-order valence-electron chi connectivity index (χ2n) is 7.84. The molecule has 146 valence electrons. The third-order valence-corrected chi connectivity index (χ3v) is 7.94. The molecule has 2 aliphatic heterocycles. The molecule has 5 rings (SSSR count). The van der Waals surface area contributed by atoms with E-state index in [-0.39, 0.29) is 5.41 Å². The Morgan fingerprint density at radius 2 is 1.93 bits per heavy atom. The molecule has 5 heterocycles. The van der Waals surface area contributed by atoms with Gasteiger partial charge in [-0.3, -0.25) is 19.1 Å². The molecule has 0 N–H and O–H groups in total. The maximum Gasteiger partial charge on any atom is 0.332 e. The standard InChI is InChI=1S/C20H22N4O2S2/c1-14-4-10-28-16(14)12-22-7-5-20(13-22)6-8-23-17(25)18(26)24(21-19(20)23)11-15-3-2-9-27-15/h2-4,9-10H,5-8,11-13H2,1H3. The molecule has 1 unspecified atom stereocenters. The molecule has 3 aromatic rings. The van der Waals surface area contributed by atoms with Gasteiger partial charge in [-0.2, -0.15) is 5.10 Å². The Morgan fingerprint density at radius 3 is 2.68 bits per heavy atom. The number of hydrogen-bond acceptors (Lipinski definition) is 6. The third kappa shape index (κ3) is 2.91. The summed E-state index contributed by atoms with van der Waals surface area (Å²) in [5.41, 5.74) is 0.288. The molecule has 28 heavy (non-hydrogen) atoms. The lowest BCUT2D eigenvalue weighted by Crippen LogP contribution is -2.45. The van der Waals surface area contributed by atoms with E-state index in [9.17, 15) is 9.59 Å². The number of aryl methyl sites for hydroxylation is 1. The van der Waals surface area contributed by atoms with Gasteiger partial charge in [0.1, 0.15) is 5.82 Å². The topological polar surface area (TPSA) is 60.1 Å². The first-order valence-electron chi connectivity index (χ1n) is 9.56. The maximum absolute atomic E-state index is 12.7. The van der Waals surface area contributed by atoms with E-state index in [2.05, 4.69) is 23.3 Å². The maximum atomic E-state index is 12.7. The van der Waals surface area contributed by atoms with Crippen LogP contribution in [0.5, 0.6) is 0 Å². The highest BCUT2D eigenvalue weighted by atomic mass is 32.1. The lowest BCUT2D eigenvalue weighted by Gasteiger charge is -2.23. The molecule has 1 atom stereocenters. The summed E-state index contributed by atoms with van der Waals surface area (Å²) in [5, 5.41) is 8.84. The van der Waals surface area contributed by atoms with Gasteiger partial charge in [-0.25, -0.2) is 4.68 Å². The molecule has 0 aliphatic carbocycles. The molecule has 0 bridgehead atoms. The van der Waals surface area contributed by atoms with Gasteiger partial charge in [0.15, 0.2) is 0 Å². The monoisotopic (exact) mass is 414 g/mol. The van der Waals surface area contributed by atoms with Crippen molar-refractivity contribution in [2.24, 2.45) is 0 Å². The van der Waals surface area contributed by atoms with Gasteiger partial charge in [0.25, 0.3) is 0 Å². The van der Waals surface area contributed by atoms with Crippen LogP contribution in [0.3, 0.4) is 0 Å². The summed E-state index contributed by atoms with van der Waals surface area (Å²) in [5.74, 6) is 0.805. The van der Waals surface area contributed by atoms with E-state index in [4.69, 9.17) is 5.10 Å². The molecule has 3 aromatic heterocycles. The van der Waals surface area contributed by atoms with Crippen LogP contribution in [-0.4, -0.2) is 32.3 Å². The van der Waals surface area contributed by atoms with Gasteiger partial charge in [0, 0.05) is 34.8 Å². The van der Waals surface area contributed by atoms with Crippen molar-refractivity contribution in [1.82, 2.24) is 19.2 Å². The Balaban J connectivity index is 1.47. The van der Waals surface area contributed by atoms with Crippen molar-refractivity contribution >= 4 is 22.7 Å². The highest BCUT2D eigenvalue weighted by Gasteiger charge is 2.47. The van der Waals surface area contributed by atoms with Crippen LogP contribution < -0.4 is 11.1 Å². The van der Waals surface area contributed by atoms with Gasteiger partial charge in [-0.05, 0) is 54.8 Å². The van der Waals surface area contributed by atoms with Gasteiger partial charge in [0.05, 0.1) is 6.54 Å². The summed E-state index contributed by atoms with van der Waals surface area (Å²) >= 11 is 3.38. The number of thiophene rings is 2. The second kappa shape index (κ2) is 6.79. The highest BCUT2D eigenvalue weighted by molar-refractivity contribution is 7.10. The Hall–Kier alpha value is -2.03. The van der Waals surface area contributed by atoms with Crippen LogP contribution in [0.4, 0.5) is 0 Å². The smallest absolute Gasteiger partial charge is 0.297 e. The normalized spacial score (nSPS) is 21.6. The van der Waals surface area contributed by atoms with Crippen molar-refractivity contribution in [3.63, 3.8) is 0 Å². The summed E-state index contributed by atoms with van der Waals surface area (Å²) in [4.78, 5) is 30.2. The zero-order chi connectivity index (χ0) is 19.3. The van der Waals surface area contributed by atoms with E-state index >= 15 is 0 Å². The van der Waals surface area contributed by atoms with Crippen LogP contribution >= 0.6 is 22.7 Å². The van der Waals surface area contributed by atoms with Gasteiger partial charge in [0.2, 0.25) is 0 Å². The molecule has 1 saturated heterocycles. The first kappa shape index (κ1) is 18.0. The molecule has 0 aromatic carbocycles. The van der Waals surface area contributed by atoms with Crippen molar-refractivity contribution in [3.8, 4) is 0 Å². The summed E-state index contributed by atoms with van der Waals surface area (Å²) in [6.07, 6.45) is 1.87. The van der Waals surface area contributed by atoms with Crippen LogP contribution in [0.1, 0.15) is 34.0 Å². The second-order valence-corrected chi connectivity index (χ2v) is 9.87. The van der Waals surface area contributed by atoms with Gasteiger partial charge in [-0.1, -0.05) is 6.07 Å². The zero-order valence-corrected chi connectivity index (χ0v) is 17.4. The van der Waals surface area contributed by atoms with Crippen LogP contribution in [0, 0.1) is 6.92 Å². The van der Waals surface area contributed by atoms with Crippen molar-refractivity contribution in [3.05, 3.63) is 70.8 Å². The fourth-order valence-electron chi connectivity index (χ4n) is 4.48. The Kier molecular flexibility index (Phi) is 4.37. The molecular formula is C20H22N4O2S2. The Labute approximate surface area is 170 Å². The van der Waals surface area contributed by atoms with E-state index in [1.807, 2.05) is 17.5 Å². The van der Waals surface area contributed by atoms with E-state index in [1.165, 1.54) is 15.1 Å². The van der Waals surface area contributed by atoms with Crippen molar-refractivity contribution < 1.29 is 0 Å². The minimum Gasteiger partial charge on any atom is -0.297 e. The van der Waals surface area contributed by atoms with Crippen LogP contribution in [-0.2, 0) is 25.0 Å². The third-order valence-electron chi connectivity index (χ3n) is 6.08. The van der Waals surface area contributed by atoms with Crippen molar-refractivity contribution in [1.29, 1.82) is 0 Å². The first-order valence-corrected chi connectivity index (χ1v) is 11.3. The minimum atomic E-state index is -0.515. The summed E-state index contributed by atoms with van der Waals surface area (Å²) in [7, 11) is 0. The number of hydrogen-bond donors (Lipinski definition) is 0. The fourth-order valence-corrected chi connectivity index (χ4v) is 6.11. The van der Waals surface area contributed by atoms with E-state index in [1.54, 1.807) is 27.2 Å². The summed E-state index contributed by atoms with van der Waals surface area (Å²) in [6, 6.07) is 6.09. The number of nitrogens with zero attached hydrogens (tertiary/aromatic N) is 4. The van der Waals surface area contributed by atoms with Crippen LogP contribution in [0.15, 0.2) is 38.5 Å². The largest absolute Gasteiger partial charge is 0.332 e. The lowest BCUT2D eigenvalue weighted by atomic mass is 9.85. The average Bonchev–Trinajstić information content (AvgIpc) is 3.46. The molecule has 1 fully saturated rings. The predicted octanol–water partition coefficient (Wildman–Crippen LogP) is 2.43. The highest BCUT2D eigenvalue weighted by Crippen LogP contribution is 2.41. The summed E-state index contributed by atoms with van der Waals surface area (Å²) < 4.78 is 3.01. The first-order chi connectivity index (χ1) is 13.6. The van der Waals surface area contributed by atoms with Gasteiger partial charge >= 0.3 is 11.1 Å². The molecule has 1 spiro atoms. The SMILES string of the molecule is Cc1ccsc1CN1CCC2(CCn3c2nn(Cc2cccs2)c(=O)c3=O)C1. The Bertz CT molecular complexity index is 1130. The minimum absolute atomic E-state index is 0.116. The number of fused-ring (bicyclic) bond motifs is 2. The average molecular weight is 415 g/mol. The van der Waals surface area contributed by atoms with E-state index in [0.29, 0.717) is 13.1 Å². The predicted molar refractivity (Wildman–Crippen MR) is 111 cm³/mol. The quantitative estimate of drug-likeness (QED) is 0.615. The lowest BCUT2D eigenvalue weighted by molar-refractivity contribution is 0.299. The molecule has 0 amide bonds. The molecule has 2 aliphatic rings. The van der Waals surface area contributed by atoms with Crippen molar-refractivity contribution in [2.75, 3.05) is 13.1 Å². The zero-order valence-electron chi connectivity index (χ0n) is 15.8. The van der Waals surface area contributed by atoms with Crippen LogP contribution in [0.25, 0.3) is 0 Å². The van der Waals surface area contributed by atoms with Gasteiger partial charge in [-0.15, -0.1) is 22.7 Å². The fraction of sp³-hybridized carbons (Fsp3) is 0.450. The number of aromatic nitrogens is 3. The molecule has 6 nitrogen and oxygen atoms in total. The molecular weight excluding hydrogens is 392 g/mol. The molecule has 8 heteroatoms. The summed E-state index contributed by atoms with van der Waals surface area (Å²) in [6.45, 7) is 5.97. The number of rotatable bonds is 4. The van der Waals surface area contributed by atoms with Crippen molar-refractivity contribution in [2.45, 2.75) is 44.8 Å². The Morgan fingerprint density at radius 1 is 1.07 bits per heavy atom. The molecule has 0 saturated carbocycles.